The van der Waals surface area contributed by atoms with E-state index in [0.717, 1.165) is 5.56 Å². The number of benzene rings is 3. The molecule has 2 amide bonds. The largest absolute Gasteiger partial charge is 0.493 e. The zero-order chi connectivity index (χ0) is 25.4. The van der Waals surface area contributed by atoms with Crippen LogP contribution >= 0.6 is 0 Å². The van der Waals surface area contributed by atoms with Gasteiger partial charge >= 0.3 is 0 Å². The molecule has 5 rings (SSSR count). The van der Waals surface area contributed by atoms with Gasteiger partial charge < -0.3 is 9.47 Å². The Morgan fingerprint density at radius 1 is 1.00 bits per heavy atom. The second-order valence-corrected chi connectivity index (χ2v) is 8.36. The zero-order valence-corrected chi connectivity index (χ0v) is 19.6. The van der Waals surface area contributed by atoms with Crippen molar-refractivity contribution in [2.75, 3.05) is 25.7 Å². The Labute approximate surface area is 206 Å². The Balaban J connectivity index is 1.50. The van der Waals surface area contributed by atoms with E-state index in [1.165, 1.54) is 36.3 Å². The van der Waals surface area contributed by atoms with Crippen LogP contribution in [0.4, 0.5) is 10.1 Å². The summed E-state index contributed by atoms with van der Waals surface area (Å²) in [6.45, 7) is -0.356. The topological polar surface area (TPSA) is 88.5 Å². The standard InChI is InChI=1S/C27H22FN3O5/c1-35-23-12-9-17(13-24(23)36-2)22-14-20(16-7-10-18(28)11-8-16)29-31(22)25(32)15-30-21-6-4-3-5-19(21)26(33)27(30)34/h3-13,22H,14-15H2,1-2H3. The Bertz CT molecular complexity index is 1400. The first-order chi connectivity index (χ1) is 17.4. The summed E-state index contributed by atoms with van der Waals surface area (Å²) in [5.74, 6) is -1.22. The summed E-state index contributed by atoms with van der Waals surface area (Å²) in [5, 5.41) is 5.89. The maximum atomic E-state index is 13.6. The lowest BCUT2D eigenvalue weighted by molar-refractivity contribution is -0.132. The first-order valence-electron chi connectivity index (χ1n) is 11.2. The Morgan fingerprint density at radius 2 is 1.72 bits per heavy atom. The third-order valence-electron chi connectivity index (χ3n) is 6.31. The van der Waals surface area contributed by atoms with Gasteiger partial charge in [-0.3, -0.25) is 19.3 Å². The molecule has 1 atom stereocenters. The molecule has 0 saturated heterocycles. The molecule has 2 aliphatic heterocycles. The summed E-state index contributed by atoms with van der Waals surface area (Å²) in [6, 6.07) is 17.3. The van der Waals surface area contributed by atoms with Crippen LogP contribution in [0.3, 0.4) is 0 Å². The third-order valence-corrected chi connectivity index (χ3v) is 6.31. The molecule has 0 radical (unpaired) electrons. The van der Waals surface area contributed by atoms with E-state index in [1.54, 1.807) is 48.5 Å². The molecule has 3 aromatic rings. The van der Waals surface area contributed by atoms with Gasteiger partial charge in [-0.1, -0.05) is 30.3 Å². The first kappa shape index (κ1) is 23.2. The number of rotatable bonds is 6. The van der Waals surface area contributed by atoms with Crippen LogP contribution in [0.2, 0.25) is 0 Å². The molecule has 182 valence electrons. The van der Waals surface area contributed by atoms with Gasteiger partial charge in [-0.15, -0.1) is 0 Å². The van der Waals surface area contributed by atoms with Crippen molar-refractivity contribution in [2.24, 2.45) is 5.10 Å². The van der Waals surface area contributed by atoms with Crippen molar-refractivity contribution in [3.8, 4) is 11.5 Å². The van der Waals surface area contributed by atoms with Crippen LogP contribution < -0.4 is 14.4 Å². The number of hydrazone groups is 1. The summed E-state index contributed by atoms with van der Waals surface area (Å²) in [6.07, 6.45) is 0.357. The van der Waals surface area contributed by atoms with Crippen LogP contribution in [0, 0.1) is 5.82 Å². The van der Waals surface area contributed by atoms with Gasteiger partial charge in [0.25, 0.3) is 17.6 Å². The molecular formula is C27H22FN3O5. The number of Topliss-reactive ketones (excluding diaryl/α,β-unsaturated/α-hetero) is 1. The van der Waals surface area contributed by atoms with Crippen LogP contribution in [0.1, 0.15) is 33.9 Å². The van der Waals surface area contributed by atoms with E-state index in [1.807, 2.05) is 6.07 Å². The zero-order valence-electron chi connectivity index (χ0n) is 19.6. The minimum absolute atomic E-state index is 0.267. The number of carbonyl (C=O) groups excluding carboxylic acids is 3. The highest BCUT2D eigenvalue weighted by Crippen LogP contribution is 2.38. The molecule has 0 spiro atoms. The van der Waals surface area contributed by atoms with Gasteiger partial charge in [-0.2, -0.15) is 5.10 Å². The second kappa shape index (κ2) is 9.26. The first-order valence-corrected chi connectivity index (χ1v) is 11.2. The van der Waals surface area contributed by atoms with Crippen molar-refractivity contribution in [3.63, 3.8) is 0 Å². The van der Waals surface area contributed by atoms with Crippen molar-refractivity contribution in [3.05, 3.63) is 89.2 Å². The van der Waals surface area contributed by atoms with Crippen LogP contribution in [0.25, 0.3) is 0 Å². The molecule has 0 saturated carbocycles. The number of amides is 2. The van der Waals surface area contributed by atoms with Crippen molar-refractivity contribution in [2.45, 2.75) is 12.5 Å². The minimum atomic E-state index is -0.755. The van der Waals surface area contributed by atoms with Gasteiger partial charge in [0.2, 0.25) is 0 Å². The summed E-state index contributed by atoms with van der Waals surface area (Å²) in [7, 11) is 3.05. The highest BCUT2D eigenvalue weighted by Gasteiger charge is 2.40. The highest BCUT2D eigenvalue weighted by atomic mass is 19.1. The Hall–Kier alpha value is -4.53. The fourth-order valence-electron chi connectivity index (χ4n) is 4.49. The molecule has 9 heteroatoms. The van der Waals surface area contributed by atoms with Gasteiger partial charge in [0.1, 0.15) is 12.4 Å². The van der Waals surface area contributed by atoms with Gasteiger partial charge in [0.05, 0.1) is 37.2 Å². The minimum Gasteiger partial charge on any atom is -0.493 e. The van der Waals surface area contributed by atoms with E-state index < -0.39 is 23.6 Å². The van der Waals surface area contributed by atoms with Crippen LogP contribution in [0.15, 0.2) is 71.8 Å². The van der Waals surface area contributed by atoms with Crippen molar-refractivity contribution in [1.29, 1.82) is 0 Å². The van der Waals surface area contributed by atoms with E-state index in [4.69, 9.17) is 9.47 Å². The molecule has 0 aliphatic carbocycles. The van der Waals surface area contributed by atoms with E-state index >= 15 is 0 Å². The summed E-state index contributed by atoms with van der Waals surface area (Å²) >= 11 is 0. The normalized spacial score (nSPS) is 16.8. The molecular weight excluding hydrogens is 465 g/mol. The molecule has 0 fully saturated rings. The fraction of sp³-hybridized carbons (Fsp3) is 0.185. The number of anilines is 1. The smallest absolute Gasteiger partial charge is 0.299 e. The SMILES string of the molecule is COc1ccc(C2CC(c3ccc(F)cc3)=NN2C(=O)CN2C(=O)C(=O)c3ccccc32)cc1OC. The highest BCUT2D eigenvalue weighted by molar-refractivity contribution is 6.52. The van der Waals surface area contributed by atoms with Gasteiger partial charge in [-0.05, 0) is 47.5 Å². The lowest BCUT2D eigenvalue weighted by Gasteiger charge is -2.25. The number of para-hydroxylation sites is 1. The van der Waals surface area contributed by atoms with Gasteiger partial charge in [-0.25, -0.2) is 9.40 Å². The number of hydrogen-bond acceptors (Lipinski definition) is 6. The van der Waals surface area contributed by atoms with E-state index in [2.05, 4.69) is 5.10 Å². The average Bonchev–Trinajstić information content (AvgIpc) is 3.45. The molecule has 2 aliphatic rings. The predicted octanol–water partition coefficient (Wildman–Crippen LogP) is 3.75. The number of hydrogen-bond donors (Lipinski definition) is 0. The number of methoxy groups -OCH3 is 2. The van der Waals surface area contributed by atoms with Crippen LogP contribution in [-0.2, 0) is 9.59 Å². The summed E-state index contributed by atoms with van der Waals surface area (Å²) in [5.41, 5.74) is 2.67. The summed E-state index contributed by atoms with van der Waals surface area (Å²) in [4.78, 5) is 39.8. The van der Waals surface area contributed by atoms with Crippen molar-refractivity contribution < 1.29 is 28.2 Å². The number of fused-ring (bicyclic) bond motifs is 1. The van der Waals surface area contributed by atoms with E-state index in [-0.39, 0.29) is 17.9 Å². The number of ether oxygens (including phenoxy) is 2. The monoisotopic (exact) mass is 487 g/mol. The summed E-state index contributed by atoms with van der Waals surface area (Å²) < 4.78 is 24.3. The Kier molecular flexibility index (Phi) is 5.97. The lowest BCUT2D eigenvalue weighted by Crippen LogP contribution is -2.40. The molecule has 8 nitrogen and oxygen atoms in total. The predicted molar refractivity (Wildman–Crippen MR) is 130 cm³/mol. The number of carbonyl (C=O) groups is 3. The van der Waals surface area contributed by atoms with Gasteiger partial charge in [0, 0.05) is 6.42 Å². The molecule has 1 unspecified atom stereocenters. The van der Waals surface area contributed by atoms with Crippen LogP contribution in [0.5, 0.6) is 11.5 Å². The molecule has 0 bridgehead atoms. The van der Waals surface area contributed by atoms with E-state index in [0.29, 0.717) is 34.9 Å². The lowest BCUT2D eigenvalue weighted by atomic mass is 9.98. The molecule has 0 N–H and O–H groups in total. The number of nitrogens with zero attached hydrogens (tertiary/aromatic N) is 3. The third kappa shape index (κ3) is 3.98. The van der Waals surface area contributed by atoms with Gasteiger partial charge in [0.15, 0.2) is 11.5 Å². The maximum absolute atomic E-state index is 13.6. The Morgan fingerprint density at radius 3 is 2.44 bits per heavy atom. The average molecular weight is 487 g/mol. The molecule has 2 heterocycles. The van der Waals surface area contributed by atoms with Crippen LogP contribution in [-0.4, -0.2) is 49.1 Å². The van der Waals surface area contributed by atoms with E-state index in [9.17, 15) is 18.8 Å². The quantitative estimate of drug-likeness (QED) is 0.494. The fourth-order valence-corrected chi connectivity index (χ4v) is 4.49. The molecule has 3 aromatic carbocycles. The van der Waals surface area contributed by atoms with Crippen molar-refractivity contribution in [1.82, 2.24) is 5.01 Å². The number of halogens is 1. The van der Waals surface area contributed by atoms with Crippen molar-refractivity contribution >= 4 is 29.0 Å². The molecule has 36 heavy (non-hydrogen) atoms. The number of ketones is 1. The second-order valence-electron chi connectivity index (χ2n) is 8.36. The molecule has 0 aromatic heterocycles. The maximum Gasteiger partial charge on any atom is 0.299 e.